The monoisotopic (exact) mass is 462 g/mol. The molecular formula is C21H23BrN2O3S. The lowest BCUT2D eigenvalue weighted by molar-refractivity contribution is -0.387. The standard InChI is InChI=1S/C21H23BrN2O3S/c1-13-4-3-5-18(14(13)2)23-21(25)15-6-11-20(19(12-15)24(26)27)28-17-9-7-16(22)8-10-17/h6-14,18H,3-5H2,1-2H3,(H,23,25)/t13-,14+,18+/m1/s1. The molecule has 1 aliphatic carbocycles. The molecule has 0 aliphatic heterocycles. The van der Waals surface area contributed by atoms with E-state index in [1.807, 2.05) is 24.3 Å². The molecule has 1 saturated carbocycles. The van der Waals surface area contributed by atoms with E-state index < -0.39 is 4.92 Å². The van der Waals surface area contributed by atoms with E-state index in [4.69, 9.17) is 0 Å². The highest BCUT2D eigenvalue weighted by atomic mass is 79.9. The third kappa shape index (κ3) is 4.94. The Morgan fingerprint density at radius 2 is 1.89 bits per heavy atom. The number of nitrogens with one attached hydrogen (secondary N) is 1. The van der Waals surface area contributed by atoms with E-state index in [1.54, 1.807) is 12.1 Å². The smallest absolute Gasteiger partial charge is 0.284 e. The normalized spacial score (nSPS) is 21.9. The van der Waals surface area contributed by atoms with Crippen LogP contribution >= 0.6 is 27.7 Å². The van der Waals surface area contributed by atoms with Crippen molar-refractivity contribution in [2.45, 2.75) is 48.9 Å². The van der Waals surface area contributed by atoms with Crippen molar-refractivity contribution >= 4 is 39.3 Å². The average molecular weight is 463 g/mol. The van der Waals surface area contributed by atoms with Crippen LogP contribution in [0.25, 0.3) is 0 Å². The van der Waals surface area contributed by atoms with Crippen molar-refractivity contribution in [1.82, 2.24) is 5.32 Å². The van der Waals surface area contributed by atoms with Gasteiger partial charge in [0.05, 0.1) is 9.82 Å². The molecule has 2 aromatic carbocycles. The molecule has 0 radical (unpaired) electrons. The summed E-state index contributed by atoms with van der Waals surface area (Å²) in [5.41, 5.74) is 0.280. The zero-order valence-electron chi connectivity index (χ0n) is 15.9. The highest BCUT2D eigenvalue weighted by Crippen LogP contribution is 2.36. The van der Waals surface area contributed by atoms with Gasteiger partial charge >= 0.3 is 0 Å². The van der Waals surface area contributed by atoms with Gasteiger partial charge in [-0.05, 0) is 54.7 Å². The summed E-state index contributed by atoms with van der Waals surface area (Å²) in [5.74, 6) is 0.729. The number of benzene rings is 2. The van der Waals surface area contributed by atoms with Crippen molar-refractivity contribution in [2.75, 3.05) is 0 Å². The van der Waals surface area contributed by atoms with Crippen LogP contribution in [0.2, 0.25) is 0 Å². The Kier molecular flexibility index (Phi) is 6.78. The van der Waals surface area contributed by atoms with E-state index in [-0.39, 0.29) is 17.6 Å². The number of rotatable bonds is 5. The fourth-order valence-corrected chi connectivity index (χ4v) is 4.72. The summed E-state index contributed by atoms with van der Waals surface area (Å²) in [6.45, 7) is 4.37. The van der Waals surface area contributed by atoms with Gasteiger partial charge in [0.1, 0.15) is 0 Å². The van der Waals surface area contributed by atoms with E-state index in [0.29, 0.717) is 22.3 Å². The fourth-order valence-electron chi connectivity index (χ4n) is 3.55. The van der Waals surface area contributed by atoms with E-state index >= 15 is 0 Å². The number of hydrogen-bond donors (Lipinski definition) is 1. The molecule has 1 fully saturated rings. The van der Waals surface area contributed by atoms with Crippen molar-refractivity contribution in [3.63, 3.8) is 0 Å². The van der Waals surface area contributed by atoms with Crippen LogP contribution in [0.1, 0.15) is 43.5 Å². The Bertz CT molecular complexity index is 872. The Morgan fingerprint density at radius 1 is 1.18 bits per heavy atom. The number of nitro benzene ring substituents is 1. The summed E-state index contributed by atoms with van der Waals surface area (Å²) in [7, 11) is 0. The van der Waals surface area contributed by atoms with Crippen LogP contribution in [-0.4, -0.2) is 16.9 Å². The number of nitro groups is 1. The number of hydrogen-bond acceptors (Lipinski definition) is 4. The molecule has 0 unspecified atom stereocenters. The van der Waals surface area contributed by atoms with Crippen molar-refractivity contribution in [3.8, 4) is 0 Å². The van der Waals surface area contributed by atoms with Gasteiger partial charge in [0.15, 0.2) is 0 Å². The lowest BCUT2D eigenvalue weighted by atomic mass is 9.78. The molecule has 5 nitrogen and oxygen atoms in total. The zero-order chi connectivity index (χ0) is 20.3. The number of halogens is 1. The quantitative estimate of drug-likeness (QED) is 0.432. The highest BCUT2D eigenvalue weighted by molar-refractivity contribution is 9.10. The zero-order valence-corrected chi connectivity index (χ0v) is 18.3. The fraction of sp³-hybridized carbons (Fsp3) is 0.381. The lowest BCUT2D eigenvalue weighted by Crippen LogP contribution is -2.43. The highest BCUT2D eigenvalue weighted by Gasteiger charge is 2.29. The molecule has 1 N–H and O–H groups in total. The Labute approximate surface area is 177 Å². The second kappa shape index (κ2) is 9.09. The van der Waals surface area contributed by atoms with Crippen LogP contribution in [0.3, 0.4) is 0 Å². The Hall–Kier alpha value is -1.86. The van der Waals surface area contributed by atoms with Gasteiger partial charge in [-0.1, -0.05) is 54.4 Å². The first-order chi connectivity index (χ1) is 13.3. The first kappa shape index (κ1) is 20.9. The minimum Gasteiger partial charge on any atom is -0.349 e. The van der Waals surface area contributed by atoms with Crippen molar-refractivity contribution in [1.29, 1.82) is 0 Å². The molecule has 3 rings (SSSR count). The van der Waals surface area contributed by atoms with Crippen molar-refractivity contribution in [2.24, 2.45) is 11.8 Å². The Balaban J connectivity index is 1.79. The molecule has 148 valence electrons. The maximum Gasteiger partial charge on any atom is 0.284 e. The summed E-state index contributed by atoms with van der Waals surface area (Å²) in [5, 5.41) is 14.7. The van der Waals surface area contributed by atoms with Gasteiger partial charge in [-0.3, -0.25) is 14.9 Å². The molecule has 7 heteroatoms. The van der Waals surface area contributed by atoms with Gasteiger partial charge in [-0.25, -0.2) is 0 Å². The maximum atomic E-state index is 12.7. The van der Waals surface area contributed by atoms with Crippen molar-refractivity contribution in [3.05, 3.63) is 62.6 Å². The largest absolute Gasteiger partial charge is 0.349 e. The molecule has 0 heterocycles. The second-order valence-electron chi connectivity index (χ2n) is 7.34. The minimum absolute atomic E-state index is 0.0503. The Morgan fingerprint density at radius 3 is 2.57 bits per heavy atom. The molecule has 0 spiro atoms. The van der Waals surface area contributed by atoms with Gasteiger partial charge in [-0.15, -0.1) is 0 Å². The summed E-state index contributed by atoms with van der Waals surface area (Å²) in [6, 6.07) is 12.4. The van der Waals surface area contributed by atoms with Crippen LogP contribution in [0.15, 0.2) is 56.7 Å². The van der Waals surface area contributed by atoms with E-state index in [2.05, 4.69) is 35.1 Å². The predicted octanol–water partition coefficient (Wildman–Crippen LogP) is 6.06. The van der Waals surface area contributed by atoms with Crippen molar-refractivity contribution < 1.29 is 9.72 Å². The van der Waals surface area contributed by atoms with Crippen LogP contribution < -0.4 is 5.32 Å². The minimum atomic E-state index is -0.427. The summed E-state index contributed by atoms with van der Waals surface area (Å²) in [4.78, 5) is 25.3. The van der Waals surface area contributed by atoms with Crippen LogP contribution in [-0.2, 0) is 0 Å². The van der Waals surface area contributed by atoms with Crippen LogP contribution in [0, 0.1) is 22.0 Å². The van der Waals surface area contributed by atoms with Crippen LogP contribution in [0.4, 0.5) is 5.69 Å². The van der Waals surface area contributed by atoms with Gasteiger partial charge in [0.25, 0.3) is 11.6 Å². The molecular weight excluding hydrogens is 440 g/mol. The summed E-state index contributed by atoms with van der Waals surface area (Å²) < 4.78 is 0.949. The molecule has 1 amide bonds. The maximum absolute atomic E-state index is 12.7. The molecule has 1 aliphatic rings. The third-order valence-electron chi connectivity index (χ3n) is 5.48. The van der Waals surface area contributed by atoms with E-state index in [0.717, 1.165) is 22.2 Å². The van der Waals surface area contributed by atoms with E-state index in [1.165, 1.54) is 24.2 Å². The predicted molar refractivity (Wildman–Crippen MR) is 115 cm³/mol. The number of amides is 1. The topological polar surface area (TPSA) is 72.2 Å². The average Bonchev–Trinajstić information content (AvgIpc) is 2.67. The number of carbonyl (C=O) groups excluding carboxylic acids is 1. The van der Waals surface area contributed by atoms with Gasteiger partial charge < -0.3 is 5.32 Å². The lowest BCUT2D eigenvalue weighted by Gasteiger charge is -2.34. The van der Waals surface area contributed by atoms with Gasteiger partial charge in [0, 0.05) is 27.0 Å². The van der Waals surface area contributed by atoms with Gasteiger partial charge in [-0.2, -0.15) is 0 Å². The van der Waals surface area contributed by atoms with E-state index in [9.17, 15) is 14.9 Å². The van der Waals surface area contributed by atoms with Gasteiger partial charge in [0.2, 0.25) is 0 Å². The number of nitrogens with zero attached hydrogens (tertiary/aromatic N) is 1. The second-order valence-corrected chi connectivity index (χ2v) is 9.37. The third-order valence-corrected chi connectivity index (χ3v) is 7.08. The molecule has 0 bridgehead atoms. The number of carbonyl (C=O) groups is 1. The summed E-state index contributed by atoms with van der Waals surface area (Å²) in [6.07, 6.45) is 3.23. The molecule has 0 saturated heterocycles. The molecule has 2 aromatic rings. The van der Waals surface area contributed by atoms with Crippen LogP contribution in [0.5, 0.6) is 0 Å². The molecule has 0 aromatic heterocycles. The first-order valence-electron chi connectivity index (χ1n) is 9.38. The molecule has 28 heavy (non-hydrogen) atoms. The molecule has 3 atom stereocenters. The SMILES string of the molecule is C[C@H]1[C@H](C)CCC[C@@H]1NC(=O)c1ccc(Sc2ccc(Br)cc2)c([N+](=O)[O-])c1. The first-order valence-corrected chi connectivity index (χ1v) is 11.0. The summed E-state index contributed by atoms with van der Waals surface area (Å²) >= 11 is 4.69.